The van der Waals surface area contributed by atoms with Crippen molar-refractivity contribution in [3.05, 3.63) is 95.6 Å². The summed E-state index contributed by atoms with van der Waals surface area (Å²) in [7, 11) is -3.91. The van der Waals surface area contributed by atoms with E-state index in [-0.39, 0.29) is 23.8 Å². The predicted molar refractivity (Wildman–Crippen MR) is 120 cm³/mol. The number of Topliss-reactive ketones (excluding diaryl/α,β-unsaturated/α-hetero) is 1. The van der Waals surface area contributed by atoms with Crippen LogP contribution in [0.5, 0.6) is 0 Å². The van der Waals surface area contributed by atoms with Crippen molar-refractivity contribution in [2.75, 3.05) is 11.9 Å². The van der Waals surface area contributed by atoms with Gasteiger partial charge in [-0.2, -0.15) is 4.31 Å². The lowest BCUT2D eigenvalue weighted by atomic mass is 10.1. The van der Waals surface area contributed by atoms with Crippen molar-refractivity contribution in [1.29, 1.82) is 0 Å². The average molecular weight is 437 g/mol. The maximum atomic E-state index is 13.3. The number of benzene rings is 3. The number of rotatable bonds is 8. The van der Waals surface area contributed by atoms with Crippen LogP contribution in [0.25, 0.3) is 0 Å². The van der Waals surface area contributed by atoms with Crippen molar-refractivity contribution in [2.45, 2.75) is 25.3 Å². The lowest BCUT2D eigenvalue weighted by Crippen LogP contribution is -2.37. The Kier molecular flexibility index (Phi) is 6.99. The van der Waals surface area contributed by atoms with Crippen LogP contribution in [0.1, 0.15) is 28.4 Å². The molecule has 0 fully saturated rings. The molecule has 0 aliphatic rings. The number of hydrogen-bond donors (Lipinski definition) is 1. The van der Waals surface area contributed by atoms with Gasteiger partial charge in [0, 0.05) is 17.8 Å². The van der Waals surface area contributed by atoms with Crippen LogP contribution in [0, 0.1) is 6.92 Å². The van der Waals surface area contributed by atoms with Gasteiger partial charge in [0.15, 0.2) is 5.78 Å². The molecule has 0 atom stereocenters. The molecule has 0 bridgehead atoms. The Morgan fingerprint density at radius 1 is 0.903 bits per heavy atom. The first-order valence-corrected chi connectivity index (χ1v) is 11.2. The van der Waals surface area contributed by atoms with Crippen molar-refractivity contribution in [1.82, 2.24) is 4.31 Å². The maximum Gasteiger partial charge on any atom is 0.243 e. The number of carbonyl (C=O) groups is 2. The molecule has 160 valence electrons. The molecule has 0 saturated carbocycles. The zero-order valence-electron chi connectivity index (χ0n) is 17.4. The van der Waals surface area contributed by atoms with Gasteiger partial charge in [-0.25, -0.2) is 8.42 Å². The third-order valence-electron chi connectivity index (χ3n) is 4.73. The Hall–Kier alpha value is -3.29. The van der Waals surface area contributed by atoms with Crippen LogP contribution in [-0.2, 0) is 21.4 Å². The number of ketones is 1. The van der Waals surface area contributed by atoms with Crippen molar-refractivity contribution < 1.29 is 18.0 Å². The molecule has 0 aromatic heterocycles. The van der Waals surface area contributed by atoms with Gasteiger partial charge < -0.3 is 5.32 Å². The molecule has 31 heavy (non-hydrogen) atoms. The van der Waals surface area contributed by atoms with Crippen LogP contribution in [0.3, 0.4) is 0 Å². The highest BCUT2D eigenvalue weighted by molar-refractivity contribution is 7.89. The Bertz CT molecular complexity index is 1170. The number of aryl methyl sites for hydroxylation is 1. The Morgan fingerprint density at radius 3 is 2.23 bits per heavy atom. The molecule has 1 amide bonds. The second kappa shape index (κ2) is 9.68. The predicted octanol–water partition coefficient (Wildman–Crippen LogP) is 4.03. The second-order valence-electron chi connectivity index (χ2n) is 7.26. The van der Waals surface area contributed by atoms with Crippen LogP contribution >= 0.6 is 0 Å². The van der Waals surface area contributed by atoms with E-state index >= 15 is 0 Å². The highest BCUT2D eigenvalue weighted by atomic mass is 32.2. The van der Waals surface area contributed by atoms with Crippen LogP contribution in [0.15, 0.2) is 83.8 Å². The summed E-state index contributed by atoms with van der Waals surface area (Å²) in [4.78, 5) is 24.4. The number of carbonyl (C=O) groups excluding carboxylic acids is 2. The summed E-state index contributed by atoms with van der Waals surface area (Å²) < 4.78 is 27.7. The van der Waals surface area contributed by atoms with Crippen LogP contribution in [0.2, 0.25) is 0 Å². The summed E-state index contributed by atoms with van der Waals surface area (Å²) >= 11 is 0. The molecule has 0 unspecified atom stereocenters. The lowest BCUT2D eigenvalue weighted by Gasteiger charge is -2.22. The van der Waals surface area contributed by atoms with Gasteiger partial charge in [0.1, 0.15) is 0 Å². The van der Waals surface area contributed by atoms with Crippen molar-refractivity contribution in [2.24, 2.45) is 0 Å². The number of anilines is 1. The van der Waals surface area contributed by atoms with Crippen molar-refractivity contribution in [3.8, 4) is 0 Å². The van der Waals surface area contributed by atoms with Crippen LogP contribution in [0.4, 0.5) is 5.69 Å². The van der Waals surface area contributed by atoms with Gasteiger partial charge in [-0.05, 0) is 43.7 Å². The molecule has 6 nitrogen and oxygen atoms in total. The highest BCUT2D eigenvalue weighted by Gasteiger charge is 2.27. The van der Waals surface area contributed by atoms with E-state index in [0.29, 0.717) is 11.3 Å². The number of sulfonamides is 1. The number of hydrogen-bond acceptors (Lipinski definition) is 4. The van der Waals surface area contributed by atoms with E-state index in [1.165, 1.54) is 19.1 Å². The normalized spacial score (nSPS) is 11.3. The monoisotopic (exact) mass is 436 g/mol. The first-order valence-electron chi connectivity index (χ1n) is 9.77. The standard InChI is InChI=1S/C24H24N2O4S/c1-18-11-13-23(14-12-18)31(29,30)26(16-20-7-4-3-5-8-20)17-24(28)25-22-10-6-9-21(15-22)19(2)27/h3-15H,16-17H2,1-2H3,(H,25,28). The largest absolute Gasteiger partial charge is 0.325 e. The van der Waals surface area contributed by atoms with Gasteiger partial charge in [0.05, 0.1) is 11.4 Å². The smallest absolute Gasteiger partial charge is 0.243 e. The van der Waals surface area contributed by atoms with E-state index in [2.05, 4.69) is 5.32 Å². The van der Waals surface area contributed by atoms with E-state index in [0.717, 1.165) is 15.4 Å². The Balaban J connectivity index is 1.85. The second-order valence-corrected chi connectivity index (χ2v) is 9.19. The molecule has 3 aromatic rings. The van der Waals surface area contributed by atoms with E-state index in [1.807, 2.05) is 37.3 Å². The van der Waals surface area contributed by atoms with E-state index in [1.54, 1.807) is 36.4 Å². The topological polar surface area (TPSA) is 83.6 Å². The minimum absolute atomic E-state index is 0.0535. The molecule has 0 radical (unpaired) electrons. The molecular formula is C24H24N2O4S. The lowest BCUT2D eigenvalue weighted by molar-refractivity contribution is -0.116. The molecule has 0 heterocycles. The third kappa shape index (κ3) is 5.87. The zero-order valence-corrected chi connectivity index (χ0v) is 18.2. The van der Waals surface area contributed by atoms with Crippen molar-refractivity contribution >= 4 is 27.4 Å². The summed E-state index contributed by atoms with van der Waals surface area (Å²) in [5.74, 6) is -0.615. The SMILES string of the molecule is CC(=O)c1cccc(NC(=O)CN(Cc2ccccc2)S(=O)(=O)c2ccc(C)cc2)c1. The highest BCUT2D eigenvalue weighted by Crippen LogP contribution is 2.20. The van der Waals surface area contributed by atoms with Crippen LogP contribution < -0.4 is 5.32 Å². The molecular weight excluding hydrogens is 412 g/mol. The summed E-state index contributed by atoms with van der Waals surface area (Å²) in [6, 6.07) is 22.2. The van der Waals surface area contributed by atoms with E-state index in [9.17, 15) is 18.0 Å². The van der Waals surface area contributed by atoms with Gasteiger partial charge in [-0.3, -0.25) is 9.59 Å². The minimum atomic E-state index is -3.91. The molecule has 0 saturated heterocycles. The Morgan fingerprint density at radius 2 is 1.58 bits per heavy atom. The van der Waals surface area contributed by atoms with Crippen LogP contribution in [-0.4, -0.2) is 31.0 Å². The van der Waals surface area contributed by atoms with Gasteiger partial charge in [0.2, 0.25) is 15.9 Å². The molecule has 0 aliphatic heterocycles. The van der Waals surface area contributed by atoms with Gasteiger partial charge >= 0.3 is 0 Å². The first kappa shape index (κ1) is 22.4. The fourth-order valence-corrected chi connectivity index (χ4v) is 4.43. The molecule has 3 rings (SSSR count). The van der Waals surface area contributed by atoms with Crippen molar-refractivity contribution in [3.63, 3.8) is 0 Å². The van der Waals surface area contributed by atoms with E-state index < -0.39 is 15.9 Å². The molecule has 3 aromatic carbocycles. The minimum Gasteiger partial charge on any atom is -0.325 e. The molecule has 0 aliphatic carbocycles. The maximum absolute atomic E-state index is 13.3. The number of amides is 1. The first-order chi connectivity index (χ1) is 14.8. The van der Waals surface area contributed by atoms with Gasteiger partial charge in [-0.1, -0.05) is 60.2 Å². The molecule has 1 N–H and O–H groups in total. The number of nitrogens with zero attached hydrogens (tertiary/aromatic N) is 1. The average Bonchev–Trinajstić information content (AvgIpc) is 2.74. The zero-order chi connectivity index (χ0) is 22.4. The fourth-order valence-electron chi connectivity index (χ4n) is 3.05. The van der Waals surface area contributed by atoms with E-state index in [4.69, 9.17) is 0 Å². The quantitative estimate of drug-likeness (QED) is 0.541. The Labute approximate surface area is 182 Å². The van der Waals surface area contributed by atoms with Gasteiger partial charge in [-0.15, -0.1) is 0 Å². The van der Waals surface area contributed by atoms with Gasteiger partial charge in [0.25, 0.3) is 0 Å². The molecule has 7 heteroatoms. The molecule has 0 spiro atoms. The summed E-state index contributed by atoms with van der Waals surface area (Å²) in [5.41, 5.74) is 2.61. The fraction of sp³-hybridized carbons (Fsp3) is 0.167. The summed E-state index contributed by atoms with van der Waals surface area (Å²) in [6.07, 6.45) is 0. The summed E-state index contributed by atoms with van der Waals surface area (Å²) in [5, 5.41) is 2.69. The third-order valence-corrected chi connectivity index (χ3v) is 6.54. The number of nitrogens with one attached hydrogen (secondary N) is 1. The summed E-state index contributed by atoms with van der Waals surface area (Å²) in [6.45, 7) is 3.00.